The summed E-state index contributed by atoms with van der Waals surface area (Å²) in [5.74, 6) is 0.445. The number of allylic oxidation sites excluding steroid dienone is 5. The van der Waals surface area contributed by atoms with E-state index >= 15 is 0 Å². The second-order valence-corrected chi connectivity index (χ2v) is 5.81. The van der Waals surface area contributed by atoms with Crippen LogP contribution >= 0.6 is 0 Å². The molecule has 0 saturated carbocycles. The van der Waals surface area contributed by atoms with Crippen LogP contribution in [0.3, 0.4) is 0 Å². The highest BCUT2D eigenvalue weighted by Gasteiger charge is 2.22. The average molecular weight is 266 g/mol. The van der Waals surface area contributed by atoms with Crippen molar-refractivity contribution in [3.05, 3.63) is 89.5 Å². The lowest BCUT2D eigenvalue weighted by Gasteiger charge is -2.21. The molecule has 0 radical (unpaired) electrons. The Bertz CT molecular complexity index is 984. The minimum absolute atomic E-state index is 0.445. The third-order valence-electron chi connectivity index (χ3n) is 4.73. The topological polar surface area (TPSA) is 0 Å². The molecule has 0 N–H and O–H groups in total. The Kier molecular flexibility index (Phi) is 2.09. The van der Waals surface area contributed by atoms with Gasteiger partial charge in [-0.3, -0.25) is 0 Å². The van der Waals surface area contributed by atoms with E-state index < -0.39 is 0 Å². The molecule has 0 aliphatic heterocycles. The molecule has 2 aliphatic rings. The molecule has 3 aromatic rings. The molecule has 0 heterocycles. The van der Waals surface area contributed by atoms with E-state index in [1.165, 1.54) is 38.2 Å². The van der Waals surface area contributed by atoms with Crippen molar-refractivity contribution >= 4 is 27.6 Å². The lowest BCUT2D eigenvalue weighted by Crippen LogP contribution is -2.02. The molecule has 2 aliphatic carbocycles. The molecule has 0 fully saturated rings. The zero-order chi connectivity index (χ0) is 13.8. The molecule has 5 rings (SSSR count). The summed E-state index contributed by atoms with van der Waals surface area (Å²) in [6.07, 6.45) is 11.2. The molecule has 0 aromatic heterocycles. The van der Waals surface area contributed by atoms with Crippen molar-refractivity contribution in [2.45, 2.75) is 5.92 Å². The molecule has 1 unspecified atom stereocenters. The van der Waals surface area contributed by atoms with Crippen LogP contribution in [0.5, 0.6) is 0 Å². The van der Waals surface area contributed by atoms with Crippen LogP contribution in [0.25, 0.3) is 27.6 Å². The molecule has 0 heteroatoms. The maximum absolute atomic E-state index is 2.31. The zero-order valence-electron chi connectivity index (χ0n) is 11.6. The molecule has 0 bridgehead atoms. The van der Waals surface area contributed by atoms with Gasteiger partial charge in [0, 0.05) is 5.92 Å². The minimum atomic E-state index is 0.445. The van der Waals surface area contributed by atoms with Crippen LogP contribution in [0.4, 0.5) is 0 Å². The predicted molar refractivity (Wildman–Crippen MR) is 90.5 cm³/mol. The van der Waals surface area contributed by atoms with Gasteiger partial charge in [0.05, 0.1) is 0 Å². The van der Waals surface area contributed by atoms with Gasteiger partial charge in [-0.25, -0.2) is 0 Å². The largest absolute Gasteiger partial charge is 0.0726 e. The Balaban J connectivity index is 1.91. The summed E-state index contributed by atoms with van der Waals surface area (Å²) in [7, 11) is 0. The van der Waals surface area contributed by atoms with E-state index in [0.717, 1.165) is 0 Å². The van der Waals surface area contributed by atoms with Gasteiger partial charge in [0.1, 0.15) is 0 Å². The van der Waals surface area contributed by atoms with Gasteiger partial charge in [0.15, 0.2) is 0 Å². The predicted octanol–water partition coefficient (Wildman–Crippen LogP) is 5.60. The molecule has 98 valence electrons. The van der Waals surface area contributed by atoms with Crippen molar-refractivity contribution in [3.63, 3.8) is 0 Å². The van der Waals surface area contributed by atoms with Gasteiger partial charge in [0.25, 0.3) is 0 Å². The van der Waals surface area contributed by atoms with Gasteiger partial charge < -0.3 is 0 Å². The van der Waals surface area contributed by atoms with Crippen LogP contribution in [0, 0.1) is 0 Å². The molecule has 21 heavy (non-hydrogen) atoms. The van der Waals surface area contributed by atoms with E-state index in [-0.39, 0.29) is 0 Å². The third-order valence-corrected chi connectivity index (χ3v) is 4.73. The van der Waals surface area contributed by atoms with E-state index in [2.05, 4.69) is 78.9 Å². The summed E-state index contributed by atoms with van der Waals surface area (Å²) >= 11 is 0. The van der Waals surface area contributed by atoms with Crippen molar-refractivity contribution < 1.29 is 0 Å². The second kappa shape index (κ2) is 3.95. The Morgan fingerprint density at radius 1 is 0.714 bits per heavy atom. The fourth-order valence-electron chi connectivity index (χ4n) is 3.70. The Morgan fingerprint density at radius 2 is 1.62 bits per heavy atom. The maximum atomic E-state index is 2.31. The third kappa shape index (κ3) is 1.45. The maximum Gasteiger partial charge on any atom is 0.0278 e. The molecule has 0 spiro atoms. The van der Waals surface area contributed by atoms with Gasteiger partial charge in [-0.15, -0.1) is 0 Å². The molecular formula is C21H14. The standard InChI is InChI=1S/C21H14/c1-2-6-16-14(4-1)8-10-20-18(16)12-13-19-17-7-3-5-15(17)9-11-21(19)20/h1-13,17H. The van der Waals surface area contributed by atoms with Crippen LogP contribution in [0.1, 0.15) is 17.0 Å². The van der Waals surface area contributed by atoms with Crippen molar-refractivity contribution in [2.24, 2.45) is 0 Å². The first kappa shape index (κ1) is 11.1. The van der Waals surface area contributed by atoms with Crippen molar-refractivity contribution in [1.29, 1.82) is 0 Å². The summed E-state index contributed by atoms with van der Waals surface area (Å²) in [4.78, 5) is 0. The van der Waals surface area contributed by atoms with Crippen LogP contribution in [-0.4, -0.2) is 0 Å². The van der Waals surface area contributed by atoms with Gasteiger partial charge in [-0.2, -0.15) is 0 Å². The summed E-state index contributed by atoms with van der Waals surface area (Å²) in [5.41, 5.74) is 4.22. The molecule has 1 atom stereocenters. The first-order valence-electron chi connectivity index (χ1n) is 7.43. The number of rotatable bonds is 0. The monoisotopic (exact) mass is 266 g/mol. The summed E-state index contributed by atoms with van der Waals surface area (Å²) in [5, 5.41) is 5.37. The van der Waals surface area contributed by atoms with Gasteiger partial charge in [-0.1, -0.05) is 78.9 Å². The first-order chi connectivity index (χ1) is 10.4. The molecule has 3 aromatic carbocycles. The molecule has 0 nitrogen and oxygen atoms in total. The quantitative estimate of drug-likeness (QED) is 0.465. The van der Waals surface area contributed by atoms with Crippen LogP contribution < -0.4 is 0 Å². The number of hydrogen-bond acceptors (Lipinski definition) is 0. The number of fused-ring (bicyclic) bond motifs is 7. The van der Waals surface area contributed by atoms with E-state index in [1.807, 2.05) is 0 Å². The van der Waals surface area contributed by atoms with Crippen molar-refractivity contribution in [3.8, 4) is 0 Å². The fraction of sp³-hybridized carbons (Fsp3) is 0.0476. The summed E-state index contributed by atoms with van der Waals surface area (Å²) < 4.78 is 0. The average Bonchev–Trinajstić information content (AvgIpc) is 3.03. The van der Waals surface area contributed by atoms with Gasteiger partial charge in [-0.05, 0) is 38.2 Å². The van der Waals surface area contributed by atoms with Crippen LogP contribution in [0.2, 0.25) is 0 Å². The summed E-state index contributed by atoms with van der Waals surface area (Å²) in [6.45, 7) is 0. The first-order valence-corrected chi connectivity index (χ1v) is 7.43. The molecule has 0 saturated heterocycles. The normalized spacial score (nSPS) is 18.9. The second-order valence-electron chi connectivity index (χ2n) is 5.81. The van der Waals surface area contributed by atoms with E-state index in [1.54, 1.807) is 0 Å². The molecular weight excluding hydrogens is 252 g/mol. The Morgan fingerprint density at radius 3 is 2.62 bits per heavy atom. The van der Waals surface area contributed by atoms with E-state index in [9.17, 15) is 0 Å². The smallest absolute Gasteiger partial charge is 0.0278 e. The van der Waals surface area contributed by atoms with Gasteiger partial charge in [0.2, 0.25) is 0 Å². The highest BCUT2D eigenvalue weighted by molar-refractivity contribution is 6.10. The lowest BCUT2D eigenvalue weighted by atomic mass is 9.82. The van der Waals surface area contributed by atoms with E-state index in [4.69, 9.17) is 0 Å². The number of hydrogen-bond donors (Lipinski definition) is 0. The highest BCUT2D eigenvalue weighted by atomic mass is 14.3. The SMILES string of the molecule is C1=CC2C(=C1)C=Cc1c2ccc2c1ccc1ccccc12. The van der Waals surface area contributed by atoms with Crippen molar-refractivity contribution in [2.75, 3.05) is 0 Å². The highest BCUT2D eigenvalue weighted by Crippen LogP contribution is 2.41. The fourth-order valence-corrected chi connectivity index (χ4v) is 3.70. The van der Waals surface area contributed by atoms with Crippen LogP contribution in [-0.2, 0) is 0 Å². The Hall–Kier alpha value is -2.60. The number of benzene rings is 3. The summed E-state index contributed by atoms with van der Waals surface area (Å²) in [6, 6.07) is 17.7. The zero-order valence-corrected chi connectivity index (χ0v) is 11.6. The van der Waals surface area contributed by atoms with Gasteiger partial charge >= 0.3 is 0 Å². The molecule has 0 amide bonds. The van der Waals surface area contributed by atoms with E-state index in [0.29, 0.717) is 5.92 Å². The van der Waals surface area contributed by atoms with Crippen LogP contribution in [0.15, 0.2) is 78.4 Å². The Labute approximate surface area is 123 Å². The lowest BCUT2D eigenvalue weighted by molar-refractivity contribution is 1.04. The minimum Gasteiger partial charge on any atom is -0.0726 e. The van der Waals surface area contributed by atoms with Crippen molar-refractivity contribution in [1.82, 2.24) is 0 Å².